The molecule has 0 rings (SSSR count). The number of hydrogen-bond acceptors (Lipinski definition) is 3. The van der Waals surface area contributed by atoms with Gasteiger partial charge in [-0.3, -0.25) is 0 Å². The number of hydrogen-bond donors (Lipinski definition) is 1. The fourth-order valence-corrected chi connectivity index (χ4v) is 0. The van der Waals surface area contributed by atoms with Crippen molar-refractivity contribution in [1.29, 1.82) is 0 Å². The molecule has 0 fully saturated rings. The van der Waals surface area contributed by atoms with Crippen molar-refractivity contribution in [3.63, 3.8) is 0 Å². The first-order valence-electron chi connectivity index (χ1n) is 0.548. The Hall–Kier alpha value is 1.21. The summed E-state index contributed by atoms with van der Waals surface area (Å²) in [5, 5.41) is 14.8. The van der Waals surface area contributed by atoms with E-state index in [9.17, 15) is 0 Å². The molecule has 33 valence electrons. The first kappa shape index (κ1) is 15.7. The first-order chi connectivity index (χ1) is 1.73. The van der Waals surface area contributed by atoms with Crippen LogP contribution in [0.15, 0.2) is 0 Å². The van der Waals surface area contributed by atoms with Gasteiger partial charge in [-0.05, 0) is 0 Å². The smallest absolute Gasteiger partial charge is 0.0689 e. The Bertz CT molecular complexity index is 31.8. The van der Waals surface area contributed by atoms with Crippen LogP contribution in [0.2, 0.25) is 0 Å². The van der Waals surface area contributed by atoms with Gasteiger partial charge in [-0.1, -0.05) is 0 Å². The van der Waals surface area contributed by atoms with Gasteiger partial charge in [0, 0.05) is 68.9 Å². The van der Waals surface area contributed by atoms with Crippen molar-refractivity contribution in [1.82, 2.24) is 6.15 Å². The van der Waals surface area contributed by atoms with Gasteiger partial charge >= 0.3 is 0 Å². The van der Waals surface area contributed by atoms with Gasteiger partial charge in [0.15, 0.2) is 0 Å². The zero-order valence-electron chi connectivity index (χ0n) is 3.67. The topological polar surface area (TPSA) is 103 Å². The first-order valence-corrected chi connectivity index (χ1v) is 0.548. The number of rotatable bonds is 0. The average Bonchev–Trinajstić information content (AvgIpc) is 0.811. The monoisotopic (exact) mass is 213 g/mol. The third kappa shape index (κ3) is 63.0. The van der Waals surface area contributed by atoms with E-state index in [4.69, 9.17) is 15.3 Å². The Morgan fingerprint density at radius 2 is 1.33 bits per heavy atom. The predicted octanol–water partition coefficient (Wildman–Crippen LogP) is -0.244. The molecule has 6 heavy (non-hydrogen) atoms. The second-order valence-electron chi connectivity index (χ2n) is 0.224. The van der Waals surface area contributed by atoms with Gasteiger partial charge in [-0.25, -0.2) is 0 Å². The van der Waals surface area contributed by atoms with E-state index in [1.807, 2.05) is 0 Å². The van der Waals surface area contributed by atoms with Crippen LogP contribution < -0.4 is 6.15 Å². The minimum absolute atomic E-state index is 0. The van der Waals surface area contributed by atoms with E-state index in [2.05, 4.69) is 0 Å². The largest absolute Gasteiger partial charge is 0.369 e. The maximum absolute atomic E-state index is 8.25. The normalized spacial score (nSPS) is 4.00. The van der Waals surface area contributed by atoms with Crippen molar-refractivity contribution in [2.75, 3.05) is 0 Å². The van der Waals surface area contributed by atoms with Crippen molar-refractivity contribution in [2.45, 2.75) is 0 Å². The van der Waals surface area contributed by atoms with Crippen LogP contribution in [0.25, 0.3) is 0 Å². The summed E-state index contributed by atoms with van der Waals surface area (Å²) in [5.41, 5.74) is 0. The molecule has 5 nitrogen and oxygen atoms in total. The van der Waals surface area contributed by atoms with Gasteiger partial charge in [0.05, 0.1) is 5.09 Å². The van der Waals surface area contributed by atoms with Crippen LogP contribution in [0.5, 0.6) is 0 Å². The molecule has 0 aliphatic heterocycles. The molecule has 0 spiro atoms. The molecule has 4 N–H and O–H groups in total. The maximum Gasteiger partial charge on any atom is 0.0689 e. The summed E-state index contributed by atoms with van der Waals surface area (Å²) in [6.07, 6.45) is 0. The van der Waals surface area contributed by atoms with E-state index in [0.29, 0.717) is 0 Å². The van der Waals surface area contributed by atoms with Crippen LogP contribution in [0.4, 0.5) is 0 Å². The quantitative estimate of drug-likeness (QED) is 0.443. The molecule has 0 unspecified atom stereocenters. The van der Waals surface area contributed by atoms with Gasteiger partial charge in [-0.15, -0.1) is 0 Å². The molecule has 6 heteroatoms. The molecule has 0 heterocycles. The van der Waals surface area contributed by atoms with Gasteiger partial charge in [0.1, 0.15) is 0 Å². The van der Waals surface area contributed by atoms with E-state index in [1.165, 1.54) is 0 Å². The molecule has 0 aromatic rings. The molecule has 0 amide bonds. The molecular formula is H4CsN2O3. The van der Waals surface area contributed by atoms with Crippen LogP contribution in [-0.4, -0.2) is 74.0 Å². The predicted molar refractivity (Wildman–Crippen MR) is 22.1 cm³/mol. The van der Waals surface area contributed by atoms with Crippen molar-refractivity contribution in [3.8, 4) is 0 Å². The van der Waals surface area contributed by atoms with Gasteiger partial charge in [0.25, 0.3) is 0 Å². The molecule has 0 aromatic heterocycles. The van der Waals surface area contributed by atoms with Crippen LogP contribution in [0.1, 0.15) is 0 Å². The van der Waals surface area contributed by atoms with E-state index in [0.717, 1.165) is 0 Å². The summed E-state index contributed by atoms with van der Waals surface area (Å²) in [4.78, 5) is 8.25. The van der Waals surface area contributed by atoms with Gasteiger partial charge in [-0.2, -0.15) is 0 Å². The second kappa shape index (κ2) is 9.51. The summed E-state index contributed by atoms with van der Waals surface area (Å²) in [5.74, 6) is 0. The number of quaternary nitrogens is 1. The second-order valence-corrected chi connectivity index (χ2v) is 0.224. The Morgan fingerprint density at radius 1 is 1.33 bits per heavy atom. The van der Waals surface area contributed by atoms with E-state index < -0.39 is 5.09 Å². The Morgan fingerprint density at radius 3 is 1.33 bits per heavy atom. The summed E-state index contributed by atoms with van der Waals surface area (Å²) < 4.78 is 0. The minimum atomic E-state index is -1.75. The zero-order chi connectivity index (χ0) is 3.58. The van der Waals surface area contributed by atoms with Gasteiger partial charge < -0.3 is 21.5 Å². The fraction of sp³-hybridized carbons (Fsp3) is 0. The van der Waals surface area contributed by atoms with E-state index in [-0.39, 0.29) is 75.0 Å². The standard InChI is InChI=1S/Cs.NO3.H3N/c;2-1(3)4;/h;;1H3/q;-1;/p+1. The van der Waals surface area contributed by atoms with Crippen molar-refractivity contribution in [2.24, 2.45) is 0 Å². The zero-order valence-corrected chi connectivity index (χ0v) is 9.95. The summed E-state index contributed by atoms with van der Waals surface area (Å²) >= 11 is 0. The minimum Gasteiger partial charge on any atom is -0.369 e. The Labute approximate surface area is 93.2 Å². The summed E-state index contributed by atoms with van der Waals surface area (Å²) in [7, 11) is 0. The molecule has 0 aliphatic rings. The summed E-state index contributed by atoms with van der Waals surface area (Å²) in [6, 6.07) is 0. The molecule has 0 aromatic carbocycles. The van der Waals surface area contributed by atoms with Crippen LogP contribution >= 0.6 is 0 Å². The molecule has 0 bridgehead atoms. The Kier molecular flexibility index (Phi) is 24.9. The third-order valence-electron chi connectivity index (χ3n) is 0. The summed E-state index contributed by atoms with van der Waals surface area (Å²) in [6.45, 7) is 0. The van der Waals surface area contributed by atoms with Crippen LogP contribution in [0, 0.1) is 15.3 Å². The van der Waals surface area contributed by atoms with Gasteiger partial charge in [0.2, 0.25) is 0 Å². The number of nitrogens with zero attached hydrogens (tertiary/aromatic N) is 1. The maximum atomic E-state index is 8.25. The van der Waals surface area contributed by atoms with Crippen molar-refractivity contribution >= 4 is 68.9 Å². The van der Waals surface area contributed by atoms with E-state index >= 15 is 0 Å². The Balaban J connectivity index is -0.0000000450. The fourth-order valence-electron chi connectivity index (χ4n) is 0. The average molecular weight is 213 g/mol. The van der Waals surface area contributed by atoms with E-state index in [1.54, 1.807) is 0 Å². The molecule has 0 aliphatic carbocycles. The van der Waals surface area contributed by atoms with Crippen molar-refractivity contribution in [3.05, 3.63) is 15.3 Å². The third-order valence-corrected chi connectivity index (χ3v) is 0. The molecule has 0 saturated carbocycles. The van der Waals surface area contributed by atoms with Crippen LogP contribution in [-0.2, 0) is 0 Å². The SMILES string of the molecule is O=[N+]([O-])[O-].[Cs].[NH4+]. The molecule has 0 saturated heterocycles. The molecule has 1 radical (unpaired) electrons. The molecule has 0 atom stereocenters. The molecular weight excluding hydrogens is 209 g/mol. The van der Waals surface area contributed by atoms with Crippen LogP contribution in [0.3, 0.4) is 0 Å². The van der Waals surface area contributed by atoms with Crippen molar-refractivity contribution < 1.29 is 5.09 Å².